The molecule has 25 heavy (non-hydrogen) atoms. The molecule has 0 radical (unpaired) electrons. The lowest BCUT2D eigenvalue weighted by atomic mass is 10.00. The number of urea groups is 1. The predicted molar refractivity (Wildman–Crippen MR) is 94.5 cm³/mol. The number of carbonyl (C=O) groups is 3. The summed E-state index contributed by atoms with van der Waals surface area (Å²) in [5, 5.41) is 2.29. The summed E-state index contributed by atoms with van der Waals surface area (Å²) in [5.41, 5.74) is 0.422. The summed E-state index contributed by atoms with van der Waals surface area (Å²) in [6.45, 7) is 8.79. The zero-order valence-electron chi connectivity index (χ0n) is 14.9. The molecule has 1 saturated heterocycles. The topological polar surface area (TPSA) is 79.0 Å². The number of benzene rings is 1. The van der Waals surface area contributed by atoms with Gasteiger partial charge in [0.2, 0.25) is 11.8 Å². The van der Waals surface area contributed by atoms with Crippen molar-refractivity contribution in [2.45, 2.75) is 27.2 Å². The number of ether oxygens (including phenoxy) is 1. The van der Waals surface area contributed by atoms with Crippen LogP contribution in [0.4, 0.5) is 10.5 Å². The van der Waals surface area contributed by atoms with E-state index in [4.69, 9.17) is 4.74 Å². The molecule has 1 heterocycles. The summed E-state index contributed by atoms with van der Waals surface area (Å²) < 4.78 is 5.37. The van der Waals surface area contributed by atoms with Gasteiger partial charge in [0.25, 0.3) is 0 Å². The summed E-state index contributed by atoms with van der Waals surface area (Å²) in [6.07, 6.45) is 0.382. The lowest BCUT2D eigenvalue weighted by Gasteiger charge is -2.31. The summed E-state index contributed by atoms with van der Waals surface area (Å²) in [5.74, 6) is -1.20. The van der Waals surface area contributed by atoms with Crippen LogP contribution in [0.2, 0.25) is 0 Å². The Morgan fingerprint density at radius 1 is 1.08 bits per heavy atom. The first-order valence-corrected chi connectivity index (χ1v) is 8.65. The van der Waals surface area contributed by atoms with E-state index in [-0.39, 0.29) is 0 Å². The number of hydrogen-bond donors (Lipinski definition) is 1. The fraction of sp³-hybridized carbons (Fsp3) is 0.500. The largest absolute Gasteiger partial charge is 0.494 e. The number of barbiturate groups is 1. The van der Waals surface area contributed by atoms with E-state index < -0.39 is 23.8 Å². The zero-order chi connectivity index (χ0) is 18.4. The Hall–Kier alpha value is -2.41. The van der Waals surface area contributed by atoms with Crippen molar-refractivity contribution in [3.63, 3.8) is 0 Å². The Labute approximate surface area is 147 Å². The maximum Gasteiger partial charge on any atom is 0.335 e. The van der Waals surface area contributed by atoms with Gasteiger partial charge in [-0.1, -0.05) is 13.8 Å². The first-order chi connectivity index (χ1) is 12.0. The van der Waals surface area contributed by atoms with Gasteiger partial charge in [-0.15, -0.1) is 0 Å². The lowest BCUT2D eigenvalue weighted by Crippen LogP contribution is -2.58. The van der Waals surface area contributed by atoms with Crippen molar-refractivity contribution in [1.82, 2.24) is 10.2 Å². The van der Waals surface area contributed by atoms with Gasteiger partial charge in [-0.25, -0.2) is 9.69 Å². The number of amides is 4. The Morgan fingerprint density at radius 2 is 1.72 bits per heavy atom. The molecule has 1 aliphatic heterocycles. The number of nitrogens with zero attached hydrogens (tertiary/aromatic N) is 2. The standard InChI is InChI=1S/C18H25N3O4/c1-4-20(5-2)12-11-15-16(22)19-18(24)21(17(15)23)13-7-9-14(10-8-13)25-6-3/h7-10,15H,4-6,11-12H2,1-3H3,(H,19,22,24). The van der Waals surface area contributed by atoms with Crippen LogP contribution >= 0.6 is 0 Å². The van der Waals surface area contributed by atoms with Crippen LogP contribution in [0, 0.1) is 5.92 Å². The van der Waals surface area contributed by atoms with E-state index in [1.165, 1.54) is 0 Å². The molecule has 1 fully saturated rings. The first kappa shape index (κ1) is 18.9. The second-order valence-electron chi connectivity index (χ2n) is 5.76. The van der Waals surface area contributed by atoms with Gasteiger partial charge >= 0.3 is 6.03 Å². The van der Waals surface area contributed by atoms with Gasteiger partial charge in [0.05, 0.1) is 12.3 Å². The second kappa shape index (κ2) is 8.62. The molecule has 7 nitrogen and oxygen atoms in total. The van der Waals surface area contributed by atoms with E-state index in [2.05, 4.69) is 10.2 Å². The number of imide groups is 2. The van der Waals surface area contributed by atoms with Crippen molar-refractivity contribution in [3.05, 3.63) is 24.3 Å². The fourth-order valence-corrected chi connectivity index (χ4v) is 2.83. The molecular weight excluding hydrogens is 322 g/mol. The minimum atomic E-state index is -0.857. The van der Waals surface area contributed by atoms with Gasteiger partial charge < -0.3 is 9.64 Å². The van der Waals surface area contributed by atoms with Crippen LogP contribution in [0.25, 0.3) is 0 Å². The number of carbonyl (C=O) groups excluding carboxylic acids is 3. The van der Waals surface area contributed by atoms with Gasteiger partial charge in [0.1, 0.15) is 11.7 Å². The molecule has 1 atom stereocenters. The molecule has 0 bridgehead atoms. The Kier molecular flexibility index (Phi) is 6.52. The van der Waals surface area contributed by atoms with Crippen LogP contribution in [0.5, 0.6) is 5.75 Å². The number of anilines is 1. The van der Waals surface area contributed by atoms with Crippen LogP contribution in [-0.2, 0) is 9.59 Å². The highest BCUT2D eigenvalue weighted by atomic mass is 16.5. The minimum absolute atomic E-state index is 0.382. The quantitative estimate of drug-likeness (QED) is 0.728. The Morgan fingerprint density at radius 3 is 2.28 bits per heavy atom. The van der Waals surface area contributed by atoms with Crippen LogP contribution in [0.3, 0.4) is 0 Å². The molecule has 4 amide bonds. The molecule has 1 aromatic rings. The molecule has 0 aromatic heterocycles. The van der Waals surface area contributed by atoms with E-state index in [0.29, 0.717) is 31.0 Å². The van der Waals surface area contributed by atoms with Gasteiger partial charge in [-0.05, 0) is 57.2 Å². The van der Waals surface area contributed by atoms with E-state index in [1.807, 2.05) is 20.8 Å². The molecular formula is C18H25N3O4. The molecule has 7 heteroatoms. The van der Waals surface area contributed by atoms with Crippen molar-refractivity contribution >= 4 is 23.5 Å². The summed E-state index contributed by atoms with van der Waals surface area (Å²) >= 11 is 0. The number of rotatable bonds is 8. The Bertz CT molecular complexity index is 626. The van der Waals surface area contributed by atoms with E-state index in [0.717, 1.165) is 18.0 Å². The molecule has 0 aliphatic carbocycles. The molecule has 1 unspecified atom stereocenters. The molecule has 0 saturated carbocycles. The van der Waals surface area contributed by atoms with E-state index in [9.17, 15) is 14.4 Å². The smallest absolute Gasteiger partial charge is 0.335 e. The minimum Gasteiger partial charge on any atom is -0.494 e. The average molecular weight is 347 g/mol. The SMILES string of the molecule is CCOc1ccc(N2C(=O)NC(=O)C(CCN(CC)CC)C2=O)cc1. The normalized spacial score (nSPS) is 17.8. The first-order valence-electron chi connectivity index (χ1n) is 8.65. The van der Waals surface area contributed by atoms with Crippen LogP contribution in [-0.4, -0.2) is 49.0 Å². The summed E-state index contributed by atoms with van der Waals surface area (Å²) in [4.78, 5) is 40.2. The predicted octanol–water partition coefficient (Wildman–Crippen LogP) is 2.02. The highest BCUT2D eigenvalue weighted by molar-refractivity contribution is 6.27. The fourth-order valence-electron chi connectivity index (χ4n) is 2.83. The molecule has 1 N–H and O–H groups in total. The zero-order valence-corrected chi connectivity index (χ0v) is 14.9. The van der Waals surface area contributed by atoms with Crippen molar-refractivity contribution in [2.75, 3.05) is 31.1 Å². The third-order valence-electron chi connectivity index (χ3n) is 4.30. The van der Waals surface area contributed by atoms with E-state index in [1.54, 1.807) is 24.3 Å². The third kappa shape index (κ3) is 4.36. The van der Waals surface area contributed by atoms with E-state index >= 15 is 0 Å². The molecule has 2 rings (SSSR count). The van der Waals surface area contributed by atoms with Crippen molar-refractivity contribution < 1.29 is 19.1 Å². The van der Waals surface area contributed by atoms with Gasteiger partial charge in [0, 0.05) is 0 Å². The molecule has 136 valence electrons. The third-order valence-corrected chi connectivity index (χ3v) is 4.30. The van der Waals surface area contributed by atoms with Crippen LogP contribution in [0.15, 0.2) is 24.3 Å². The summed E-state index contributed by atoms with van der Waals surface area (Å²) in [7, 11) is 0. The Balaban J connectivity index is 2.15. The maximum absolute atomic E-state index is 12.7. The van der Waals surface area contributed by atoms with Crippen molar-refractivity contribution in [1.29, 1.82) is 0 Å². The van der Waals surface area contributed by atoms with Gasteiger partial charge in [-0.2, -0.15) is 0 Å². The van der Waals surface area contributed by atoms with Crippen molar-refractivity contribution in [3.8, 4) is 5.75 Å². The monoisotopic (exact) mass is 347 g/mol. The number of hydrogen-bond acceptors (Lipinski definition) is 5. The molecule has 1 aromatic carbocycles. The van der Waals surface area contributed by atoms with Crippen LogP contribution < -0.4 is 15.0 Å². The molecule has 0 spiro atoms. The maximum atomic E-state index is 12.7. The average Bonchev–Trinajstić information content (AvgIpc) is 2.59. The van der Waals surface area contributed by atoms with Gasteiger partial charge in [0.15, 0.2) is 0 Å². The highest BCUT2D eigenvalue weighted by Gasteiger charge is 2.41. The van der Waals surface area contributed by atoms with Gasteiger partial charge in [-0.3, -0.25) is 14.9 Å². The summed E-state index contributed by atoms with van der Waals surface area (Å²) in [6, 6.07) is 5.96. The highest BCUT2D eigenvalue weighted by Crippen LogP contribution is 2.24. The van der Waals surface area contributed by atoms with Crippen molar-refractivity contribution in [2.24, 2.45) is 5.92 Å². The lowest BCUT2D eigenvalue weighted by molar-refractivity contribution is -0.134. The molecule has 1 aliphatic rings. The number of nitrogens with one attached hydrogen (secondary N) is 1. The second-order valence-corrected chi connectivity index (χ2v) is 5.76. The van der Waals surface area contributed by atoms with Crippen LogP contribution in [0.1, 0.15) is 27.2 Å².